The third-order valence-corrected chi connectivity index (χ3v) is 7.65. The predicted octanol–water partition coefficient (Wildman–Crippen LogP) is 4.41. The van der Waals surface area contributed by atoms with Crippen LogP contribution in [0.15, 0.2) is 53.5 Å². The maximum atomic E-state index is 15.2. The third kappa shape index (κ3) is 4.67. The lowest BCUT2D eigenvalue weighted by Crippen LogP contribution is -2.43. The summed E-state index contributed by atoms with van der Waals surface area (Å²) in [6.07, 6.45) is 8.78. The molecular weight excluding hydrogens is 445 g/mol. The summed E-state index contributed by atoms with van der Waals surface area (Å²) in [4.78, 5) is 15.3. The van der Waals surface area contributed by atoms with E-state index in [0.717, 1.165) is 50.1 Å². The van der Waals surface area contributed by atoms with Gasteiger partial charge in [-0.25, -0.2) is 4.39 Å². The average Bonchev–Trinajstić information content (AvgIpc) is 3.53. The second-order valence-corrected chi connectivity index (χ2v) is 10.0. The van der Waals surface area contributed by atoms with Gasteiger partial charge in [-0.05, 0) is 73.9 Å². The standard InChI is InChI=1S/C28H32FN3O3/c29-26-16-22(6-9-27(26)31-12-11-21(17-31)30-20-3-1-4-20)32-13-10-19-15-23(7-8-25(19)28(32)33)35-18-24-5-2-14-34-24/h6-10,13,15-16,20-21,24,30H,1-5,11-12,14,17-18H2/t21?,24-/m1/s1. The zero-order chi connectivity index (χ0) is 23.8. The summed E-state index contributed by atoms with van der Waals surface area (Å²) in [7, 11) is 0. The quantitative estimate of drug-likeness (QED) is 0.546. The van der Waals surface area contributed by atoms with Crippen molar-refractivity contribution in [1.82, 2.24) is 9.88 Å². The van der Waals surface area contributed by atoms with Crippen LogP contribution < -0.4 is 20.5 Å². The Morgan fingerprint density at radius 1 is 1.03 bits per heavy atom. The van der Waals surface area contributed by atoms with Gasteiger partial charge in [0.05, 0.1) is 17.5 Å². The lowest BCUT2D eigenvalue weighted by Gasteiger charge is -2.30. The fraction of sp³-hybridized carbons (Fsp3) is 0.464. The van der Waals surface area contributed by atoms with Gasteiger partial charge in [0, 0.05) is 49.4 Å². The molecule has 3 fully saturated rings. The van der Waals surface area contributed by atoms with E-state index >= 15 is 4.39 Å². The first-order chi connectivity index (χ1) is 17.1. The van der Waals surface area contributed by atoms with E-state index in [1.807, 2.05) is 24.3 Å². The molecule has 1 N–H and O–H groups in total. The molecular formula is C28H32FN3O3. The minimum Gasteiger partial charge on any atom is -0.491 e. The Balaban J connectivity index is 1.18. The van der Waals surface area contributed by atoms with Crippen LogP contribution in [0.2, 0.25) is 0 Å². The molecule has 3 heterocycles. The zero-order valence-electron chi connectivity index (χ0n) is 19.9. The fourth-order valence-electron chi connectivity index (χ4n) is 5.41. The number of rotatable bonds is 7. The summed E-state index contributed by atoms with van der Waals surface area (Å²) in [5.74, 6) is 0.424. The Hall–Kier alpha value is -2.90. The van der Waals surface area contributed by atoms with E-state index in [1.54, 1.807) is 18.3 Å². The van der Waals surface area contributed by atoms with Crippen molar-refractivity contribution in [3.8, 4) is 11.4 Å². The van der Waals surface area contributed by atoms with Crippen molar-refractivity contribution in [2.24, 2.45) is 0 Å². The van der Waals surface area contributed by atoms with Gasteiger partial charge in [-0.3, -0.25) is 9.36 Å². The second kappa shape index (κ2) is 9.63. The number of pyridine rings is 1. The highest BCUT2D eigenvalue weighted by atomic mass is 19.1. The number of nitrogens with zero attached hydrogens (tertiary/aromatic N) is 2. The fourth-order valence-corrected chi connectivity index (χ4v) is 5.41. The van der Waals surface area contributed by atoms with E-state index in [4.69, 9.17) is 9.47 Å². The van der Waals surface area contributed by atoms with Crippen LogP contribution in [0.5, 0.6) is 5.75 Å². The van der Waals surface area contributed by atoms with Crippen LogP contribution in [-0.2, 0) is 4.74 Å². The first kappa shape index (κ1) is 22.6. The van der Waals surface area contributed by atoms with Gasteiger partial charge in [0.15, 0.2) is 0 Å². The molecule has 3 aliphatic rings. The smallest absolute Gasteiger partial charge is 0.262 e. The van der Waals surface area contributed by atoms with Gasteiger partial charge in [-0.2, -0.15) is 0 Å². The highest BCUT2D eigenvalue weighted by molar-refractivity contribution is 5.83. The maximum Gasteiger partial charge on any atom is 0.262 e. The van der Waals surface area contributed by atoms with E-state index in [1.165, 1.54) is 29.9 Å². The molecule has 2 aliphatic heterocycles. The van der Waals surface area contributed by atoms with Gasteiger partial charge < -0.3 is 19.7 Å². The van der Waals surface area contributed by atoms with E-state index in [9.17, 15) is 4.79 Å². The average molecular weight is 478 g/mol. The molecule has 0 amide bonds. The van der Waals surface area contributed by atoms with Crippen LogP contribution in [0.4, 0.5) is 10.1 Å². The molecule has 6 rings (SSSR count). The molecule has 3 aromatic rings. The topological polar surface area (TPSA) is 55.7 Å². The van der Waals surface area contributed by atoms with Crippen LogP contribution in [-0.4, -0.2) is 49.1 Å². The Kier molecular flexibility index (Phi) is 6.20. The summed E-state index contributed by atoms with van der Waals surface area (Å²) < 4.78 is 28.2. The Labute approximate surface area is 204 Å². The molecule has 1 unspecified atom stereocenters. The van der Waals surface area contributed by atoms with E-state index in [0.29, 0.717) is 35.5 Å². The summed E-state index contributed by atoms with van der Waals surface area (Å²) in [6, 6.07) is 13.5. The largest absolute Gasteiger partial charge is 0.491 e. The van der Waals surface area contributed by atoms with Crippen LogP contribution in [0.3, 0.4) is 0 Å². The molecule has 1 aromatic heterocycles. The molecule has 2 aromatic carbocycles. The van der Waals surface area contributed by atoms with Crippen LogP contribution in [0.25, 0.3) is 16.5 Å². The molecule has 0 spiro atoms. The van der Waals surface area contributed by atoms with Crippen molar-refractivity contribution >= 4 is 16.5 Å². The summed E-state index contributed by atoms with van der Waals surface area (Å²) >= 11 is 0. The van der Waals surface area contributed by atoms with E-state index in [2.05, 4.69) is 10.2 Å². The van der Waals surface area contributed by atoms with Gasteiger partial charge in [-0.15, -0.1) is 0 Å². The van der Waals surface area contributed by atoms with Crippen molar-refractivity contribution in [3.05, 3.63) is 64.8 Å². The van der Waals surface area contributed by atoms with Gasteiger partial charge in [0.25, 0.3) is 5.56 Å². The number of hydrogen-bond acceptors (Lipinski definition) is 5. The molecule has 2 saturated heterocycles. The van der Waals surface area contributed by atoms with E-state index < -0.39 is 0 Å². The SMILES string of the molecule is O=c1c2ccc(OC[C@H]3CCCO3)cc2ccn1-c1ccc(N2CCC(NC3CCC3)C2)c(F)c1. The van der Waals surface area contributed by atoms with Gasteiger partial charge >= 0.3 is 0 Å². The molecule has 35 heavy (non-hydrogen) atoms. The molecule has 184 valence electrons. The lowest BCUT2D eigenvalue weighted by molar-refractivity contribution is 0.0680. The Morgan fingerprint density at radius 2 is 1.94 bits per heavy atom. The third-order valence-electron chi connectivity index (χ3n) is 7.65. The van der Waals surface area contributed by atoms with Crippen LogP contribution in [0, 0.1) is 5.82 Å². The predicted molar refractivity (Wildman–Crippen MR) is 135 cm³/mol. The molecule has 0 bridgehead atoms. The van der Waals surface area contributed by atoms with Crippen molar-refractivity contribution in [1.29, 1.82) is 0 Å². The molecule has 0 radical (unpaired) electrons. The van der Waals surface area contributed by atoms with Crippen molar-refractivity contribution in [3.63, 3.8) is 0 Å². The number of halogens is 1. The summed E-state index contributed by atoms with van der Waals surface area (Å²) in [6.45, 7) is 2.97. The Bertz CT molecular complexity index is 1270. The summed E-state index contributed by atoms with van der Waals surface area (Å²) in [5.41, 5.74) is 0.958. The molecule has 1 saturated carbocycles. The molecule has 1 aliphatic carbocycles. The van der Waals surface area contributed by atoms with Crippen molar-refractivity contribution in [2.45, 2.75) is 56.7 Å². The maximum absolute atomic E-state index is 15.2. The van der Waals surface area contributed by atoms with E-state index in [-0.39, 0.29) is 17.5 Å². The summed E-state index contributed by atoms with van der Waals surface area (Å²) in [5, 5.41) is 5.07. The minimum absolute atomic E-state index is 0.141. The minimum atomic E-state index is -0.295. The monoisotopic (exact) mass is 477 g/mol. The lowest BCUT2D eigenvalue weighted by atomic mass is 9.92. The van der Waals surface area contributed by atoms with Gasteiger partial charge in [-0.1, -0.05) is 6.42 Å². The number of ether oxygens (including phenoxy) is 2. The number of anilines is 1. The number of hydrogen-bond donors (Lipinski definition) is 1. The molecule has 2 atom stereocenters. The number of fused-ring (bicyclic) bond motifs is 1. The highest BCUT2D eigenvalue weighted by Crippen LogP contribution is 2.28. The Morgan fingerprint density at radius 3 is 2.71 bits per heavy atom. The van der Waals surface area contributed by atoms with Crippen LogP contribution >= 0.6 is 0 Å². The first-order valence-corrected chi connectivity index (χ1v) is 12.8. The number of benzene rings is 2. The zero-order valence-corrected chi connectivity index (χ0v) is 19.9. The van der Waals surface area contributed by atoms with Crippen LogP contribution in [0.1, 0.15) is 38.5 Å². The second-order valence-electron chi connectivity index (χ2n) is 10.0. The molecule has 7 heteroatoms. The van der Waals surface area contributed by atoms with Gasteiger partial charge in [0.1, 0.15) is 18.2 Å². The highest BCUT2D eigenvalue weighted by Gasteiger charge is 2.28. The number of nitrogens with one attached hydrogen (secondary N) is 1. The first-order valence-electron chi connectivity index (χ1n) is 12.8. The molecule has 6 nitrogen and oxygen atoms in total. The van der Waals surface area contributed by atoms with Crippen molar-refractivity contribution < 1.29 is 13.9 Å². The van der Waals surface area contributed by atoms with Gasteiger partial charge in [0.2, 0.25) is 0 Å². The normalized spacial score (nSPS) is 22.6. The number of aromatic nitrogens is 1. The van der Waals surface area contributed by atoms with Crippen molar-refractivity contribution in [2.75, 3.05) is 31.2 Å².